The molecule has 0 aliphatic heterocycles. The molecule has 1 heterocycles. The number of hydrogen-bond acceptors (Lipinski definition) is 5. The molecule has 0 N–H and O–H groups in total. The summed E-state index contributed by atoms with van der Waals surface area (Å²) in [6, 6.07) is 12.7. The maximum absolute atomic E-state index is 12.6. The second kappa shape index (κ2) is 8.64. The average molecular weight is 394 g/mol. The highest BCUT2D eigenvalue weighted by Gasteiger charge is 2.17. The third-order valence-corrected chi connectivity index (χ3v) is 3.73. The number of halogens is 3. The second-order valence-electron chi connectivity index (χ2n) is 5.40. The first-order valence-electron chi connectivity index (χ1n) is 7.90. The zero-order chi connectivity index (χ0) is 19.2. The molecule has 5 nitrogen and oxygen atoms in total. The highest BCUT2D eigenvalue weighted by atomic mass is 35.5. The largest absolute Gasteiger partial charge is 0.484 e. The van der Waals surface area contributed by atoms with Gasteiger partial charge in [0.05, 0.1) is 17.1 Å². The maximum atomic E-state index is 12.6. The number of benzene rings is 2. The summed E-state index contributed by atoms with van der Waals surface area (Å²) in [5.74, 6) is -0.232. The minimum Gasteiger partial charge on any atom is -0.484 e. The van der Waals surface area contributed by atoms with Crippen LogP contribution < -0.4 is 9.47 Å². The van der Waals surface area contributed by atoms with Gasteiger partial charge in [-0.2, -0.15) is 0 Å². The zero-order valence-electron chi connectivity index (χ0n) is 13.9. The van der Waals surface area contributed by atoms with Gasteiger partial charge in [0, 0.05) is 5.56 Å². The van der Waals surface area contributed by atoms with Crippen molar-refractivity contribution in [2.75, 3.05) is 6.61 Å². The predicted octanol–water partition coefficient (Wildman–Crippen LogP) is 4.94. The number of oxazole rings is 1. The Bertz CT molecular complexity index is 915. The molecule has 0 saturated carbocycles. The van der Waals surface area contributed by atoms with E-state index in [1.165, 1.54) is 18.4 Å². The van der Waals surface area contributed by atoms with Crippen molar-refractivity contribution in [1.29, 1.82) is 0 Å². The molecule has 0 bridgehead atoms. The highest BCUT2D eigenvalue weighted by Crippen LogP contribution is 2.33. The number of esters is 1. The van der Waals surface area contributed by atoms with Crippen LogP contribution >= 0.6 is 11.6 Å². The summed E-state index contributed by atoms with van der Waals surface area (Å²) >= 11 is 5.70. The Hall–Kier alpha value is -2.93. The number of aromatic nitrogens is 1. The Kier molecular flexibility index (Phi) is 6.03. The molecule has 140 valence electrons. The monoisotopic (exact) mass is 393 g/mol. The van der Waals surface area contributed by atoms with Crippen molar-refractivity contribution in [2.24, 2.45) is 0 Å². The summed E-state index contributed by atoms with van der Waals surface area (Å²) in [4.78, 5) is 16.4. The molecule has 3 aromatic rings. The van der Waals surface area contributed by atoms with E-state index in [0.717, 1.165) is 0 Å². The van der Waals surface area contributed by atoms with Gasteiger partial charge in [-0.15, -0.1) is 11.6 Å². The molecule has 0 amide bonds. The number of rotatable bonds is 7. The molecule has 0 atom stereocenters. The molecule has 3 rings (SSSR count). The number of carbonyl (C=O) groups is 1. The van der Waals surface area contributed by atoms with E-state index in [1.807, 2.05) is 0 Å². The van der Waals surface area contributed by atoms with Crippen LogP contribution in [-0.2, 0) is 5.88 Å². The van der Waals surface area contributed by atoms with E-state index in [9.17, 15) is 13.6 Å². The fourth-order valence-electron chi connectivity index (χ4n) is 2.22. The van der Waals surface area contributed by atoms with Crippen LogP contribution in [0.15, 0.2) is 59.2 Å². The summed E-state index contributed by atoms with van der Waals surface area (Å²) in [5, 5.41) is 0. The lowest BCUT2D eigenvalue weighted by Gasteiger charge is -2.12. The molecule has 27 heavy (non-hydrogen) atoms. The Labute approximate surface area is 158 Å². The van der Waals surface area contributed by atoms with E-state index < -0.39 is 19.0 Å². The molecule has 1 aromatic heterocycles. The van der Waals surface area contributed by atoms with Crippen LogP contribution in [0.2, 0.25) is 0 Å². The van der Waals surface area contributed by atoms with Crippen LogP contribution in [0.25, 0.3) is 11.5 Å². The van der Waals surface area contributed by atoms with E-state index in [4.69, 9.17) is 25.5 Å². The van der Waals surface area contributed by atoms with Gasteiger partial charge in [0.15, 0.2) is 11.5 Å². The van der Waals surface area contributed by atoms with Crippen molar-refractivity contribution in [3.05, 3.63) is 66.1 Å². The number of carbonyl (C=O) groups excluding carboxylic acids is 1. The molecule has 0 unspecified atom stereocenters. The van der Waals surface area contributed by atoms with Gasteiger partial charge in [0.2, 0.25) is 5.89 Å². The number of nitrogens with zero attached hydrogens (tertiary/aromatic N) is 1. The smallest absolute Gasteiger partial charge is 0.343 e. The summed E-state index contributed by atoms with van der Waals surface area (Å²) in [6.07, 6.45) is -1.29. The topological polar surface area (TPSA) is 61.6 Å². The van der Waals surface area contributed by atoms with Crippen LogP contribution in [0.5, 0.6) is 11.5 Å². The van der Waals surface area contributed by atoms with E-state index in [0.29, 0.717) is 16.8 Å². The first-order valence-corrected chi connectivity index (χ1v) is 8.43. The van der Waals surface area contributed by atoms with Crippen molar-refractivity contribution in [3.63, 3.8) is 0 Å². The van der Waals surface area contributed by atoms with Crippen LogP contribution in [-0.4, -0.2) is 24.0 Å². The summed E-state index contributed by atoms with van der Waals surface area (Å²) < 4.78 is 40.9. The van der Waals surface area contributed by atoms with Gasteiger partial charge in [-0.3, -0.25) is 0 Å². The van der Waals surface area contributed by atoms with Crippen LogP contribution in [0.3, 0.4) is 0 Å². The molecule has 0 fully saturated rings. The van der Waals surface area contributed by atoms with Gasteiger partial charge < -0.3 is 13.9 Å². The number of hydrogen-bond donors (Lipinski definition) is 0. The molecule has 0 saturated heterocycles. The van der Waals surface area contributed by atoms with Gasteiger partial charge in [-0.1, -0.05) is 18.2 Å². The van der Waals surface area contributed by atoms with Gasteiger partial charge >= 0.3 is 5.97 Å². The molecular weight excluding hydrogens is 380 g/mol. The fraction of sp³-hybridized carbons (Fsp3) is 0.158. The zero-order valence-corrected chi connectivity index (χ0v) is 14.7. The molecule has 0 aliphatic carbocycles. The molecule has 0 aliphatic rings. The summed E-state index contributed by atoms with van der Waals surface area (Å²) in [5.41, 5.74) is 1.32. The first-order chi connectivity index (χ1) is 13.1. The lowest BCUT2D eigenvalue weighted by Crippen LogP contribution is -2.12. The summed E-state index contributed by atoms with van der Waals surface area (Å²) in [7, 11) is 0. The molecule has 0 spiro atoms. The van der Waals surface area contributed by atoms with Gasteiger partial charge in [-0.05, 0) is 30.3 Å². The predicted molar refractivity (Wildman–Crippen MR) is 94.4 cm³/mol. The lowest BCUT2D eigenvalue weighted by molar-refractivity contribution is 0.0695. The third kappa shape index (κ3) is 4.83. The van der Waals surface area contributed by atoms with Crippen molar-refractivity contribution >= 4 is 17.6 Å². The Balaban J connectivity index is 1.88. The van der Waals surface area contributed by atoms with Gasteiger partial charge in [0.25, 0.3) is 6.43 Å². The van der Waals surface area contributed by atoms with E-state index >= 15 is 0 Å². The second-order valence-corrected chi connectivity index (χ2v) is 5.66. The van der Waals surface area contributed by atoms with Crippen LogP contribution in [0.1, 0.15) is 16.1 Å². The minimum atomic E-state index is -2.68. The molecule has 2 aromatic carbocycles. The van der Waals surface area contributed by atoms with E-state index in [-0.39, 0.29) is 23.3 Å². The molecule has 8 heteroatoms. The average Bonchev–Trinajstić information content (AvgIpc) is 3.17. The Morgan fingerprint density at radius 1 is 1.15 bits per heavy atom. The van der Waals surface area contributed by atoms with Gasteiger partial charge in [-0.25, -0.2) is 18.6 Å². The first kappa shape index (κ1) is 18.8. The molecular formula is C19H14ClF2NO4. The Morgan fingerprint density at radius 3 is 2.59 bits per heavy atom. The van der Waals surface area contributed by atoms with E-state index in [1.54, 1.807) is 36.4 Å². The number of alkyl halides is 3. The standard InChI is InChI=1S/C19H14ClF2NO4/c20-9-14-10-26-18(23-14)13-6-7-15(16(8-13)25-11-17(21)22)27-19(24)12-4-2-1-3-5-12/h1-8,10,17H,9,11H2. The molecule has 0 radical (unpaired) electrons. The number of ether oxygens (including phenoxy) is 2. The van der Waals surface area contributed by atoms with Gasteiger partial charge in [0.1, 0.15) is 12.9 Å². The van der Waals surface area contributed by atoms with Crippen molar-refractivity contribution in [1.82, 2.24) is 4.98 Å². The lowest BCUT2D eigenvalue weighted by atomic mass is 10.2. The highest BCUT2D eigenvalue weighted by molar-refractivity contribution is 6.16. The van der Waals surface area contributed by atoms with Crippen LogP contribution in [0.4, 0.5) is 8.78 Å². The fourth-order valence-corrected chi connectivity index (χ4v) is 2.35. The van der Waals surface area contributed by atoms with E-state index in [2.05, 4.69) is 4.98 Å². The van der Waals surface area contributed by atoms with Crippen molar-refractivity contribution in [2.45, 2.75) is 12.3 Å². The minimum absolute atomic E-state index is 0.0115. The Morgan fingerprint density at radius 2 is 1.93 bits per heavy atom. The SMILES string of the molecule is O=C(Oc1ccc(-c2nc(CCl)co2)cc1OCC(F)F)c1ccccc1. The van der Waals surface area contributed by atoms with Crippen molar-refractivity contribution in [3.8, 4) is 23.0 Å². The normalized spacial score (nSPS) is 10.8. The summed E-state index contributed by atoms with van der Waals surface area (Å²) in [6.45, 7) is -0.849. The van der Waals surface area contributed by atoms with Crippen molar-refractivity contribution < 1.29 is 27.5 Å². The third-order valence-electron chi connectivity index (χ3n) is 3.46. The maximum Gasteiger partial charge on any atom is 0.343 e. The van der Waals surface area contributed by atoms with Crippen LogP contribution in [0, 0.1) is 0 Å². The quantitative estimate of drug-likeness (QED) is 0.323.